The van der Waals surface area contributed by atoms with Crippen molar-refractivity contribution < 1.29 is 14.6 Å². The molecule has 3 aliphatic rings. The fourth-order valence-electron chi connectivity index (χ4n) is 6.46. The lowest BCUT2D eigenvalue weighted by atomic mass is 9.77. The third-order valence-corrected chi connectivity index (χ3v) is 9.39. The van der Waals surface area contributed by atoms with Gasteiger partial charge in [0.05, 0.1) is 54.6 Å². The maximum Gasteiger partial charge on any atom is 0.263 e. The molecule has 1 spiro atoms. The summed E-state index contributed by atoms with van der Waals surface area (Å²) in [6.07, 6.45) is 12.0. The summed E-state index contributed by atoms with van der Waals surface area (Å²) in [4.78, 5) is 14.0. The fraction of sp³-hybridized carbons (Fsp3) is 0.594. The zero-order valence-corrected chi connectivity index (χ0v) is 25.3. The molecule has 0 aliphatic carbocycles. The minimum absolute atomic E-state index is 0.224. The topological polar surface area (TPSA) is 115 Å². The van der Waals surface area contributed by atoms with Gasteiger partial charge in [-0.3, -0.25) is 4.68 Å². The summed E-state index contributed by atoms with van der Waals surface area (Å²) < 4.78 is 13.6. The number of nitrogens with two attached hydrogens (primary N) is 1. The van der Waals surface area contributed by atoms with Crippen LogP contribution in [0.5, 0.6) is 11.6 Å². The number of unbranched alkanes of at least 4 members (excludes halogenated alkanes) is 2. The average Bonchev–Trinajstić information content (AvgIpc) is 3.41. The van der Waals surface area contributed by atoms with Crippen LogP contribution in [0.4, 0.5) is 11.5 Å². The summed E-state index contributed by atoms with van der Waals surface area (Å²) in [5.74, 6) is 1.07. The highest BCUT2D eigenvalue weighted by Crippen LogP contribution is 2.43. The highest BCUT2D eigenvalue weighted by molar-refractivity contribution is 5.69. The first kappa shape index (κ1) is 28.9. The number of nitrogens with zero attached hydrogens (tertiary/aromatic N) is 6. The Hall–Kier alpha value is -3.21. The molecule has 1 unspecified atom stereocenters. The second-order valence-corrected chi connectivity index (χ2v) is 12.7. The number of rotatable bonds is 11. The molecule has 0 bridgehead atoms. The van der Waals surface area contributed by atoms with Crippen LogP contribution < -0.4 is 15.4 Å². The molecule has 1 aromatic carbocycles. The molecule has 10 nitrogen and oxygen atoms in total. The van der Waals surface area contributed by atoms with Crippen molar-refractivity contribution in [2.75, 3.05) is 57.1 Å². The van der Waals surface area contributed by atoms with Gasteiger partial charge in [0.2, 0.25) is 0 Å². The molecule has 3 saturated heterocycles. The SMILES string of the molecule is CCCCCC(O)(CC)c1cc(-c2cnc(N)c(Oc3cnn(C4CCN(C)CC4)c3)n2)cc(N2CC3(COC3)C2)c1. The average molecular weight is 576 g/mol. The number of aliphatic hydroxyl groups is 1. The van der Waals surface area contributed by atoms with E-state index in [2.05, 4.69) is 59.0 Å². The first-order valence-electron chi connectivity index (χ1n) is 15.5. The Morgan fingerprint density at radius 3 is 2.60 bits per heavy atom. The van der Waals surface area contributed by atoms with Gasteiger partial charge in [0, 0.05) is 24.3 Å². The van der Waals surface area contributed by atoms with E-state index in [9.17, 15) is 5.11 Å². The first-order chi connectivity index (χ1) is 20.3. The lowest BCUT2D eigenvalue weighted by molar-refractivity contribution is -0.127. The van der Waals surface area contributed by atoms with Gasteiger partial charge in [-0.15, -0.1) is 0 Å². The number of hydrogen-bond acceptors (Lipinski definition) is 9. The molecule has 5 heterocycles. The monoisotopic (exact) mass is 575 g/mol. The van der Waals surface area contributed by atoms with Gasteiger partial charge in [0.15, 0.2) is 11.6 Å². The molecule has 10 heteroatoms. The summed E-state index contributed by atoms with van der Waals surface area (Å²) in [5.41, 5.74) is 9.14. The first-order valence-corrected chi connectivity index (χ1v) is 15.5. The van der Waals surface area contributed by atoms with Crippen molar-refractivity contribution in [3.05, 3.63) is 42.4 Å². The largest absolute Gasteiger partial charge is 0.433 e. The van der Waals surface area contributed by atoms with Crippen LogP contribution in [0.1, 0.15) is 70.4 Å². The molecule has 0 saturated carbocycles. The molecule has 0 amide bonds. The predicted molar refractivity (Wildman–Crippen MR) is 164 cm³/mol. The second kappa shape index (κ2) is 11.8. The van der Waals surface area contributed by atoms with Crippen LogP contribution in [0.3, 0.4) is 0 Å². The number of ether oxygens (including phenoxy) is 2. The Morgan fingerprint density at radius 2 is 1.90 bits per heavy atom. The normalized spacial score (nSPS) is 20.2. The van der Waals surface area contributed by atoms with Gasteiger partial charge in [0.25, 0.3) is 5.88 Å². The molecule has 2 aromatic heterocycles. The summed E-state index contributed by atoms with van der Waals surface area (Å²) in [5, 5.41) is 16.4. The van der Waals surface area contributed by atoms with E-state index in [-0.39, 0.29) is 17.1 Å². The molecular formula is C32H45N7O3. The van der Waals surface area contributed by atoms with E-state index in [0.717, 1.165) is 94.7 Å². The molecule has 0 radical (unpaired) electrons. The zero-order valence-electron chi connectivity index (χ0n) is 25.3. The zero-order chi connectivity index (χ0) is 29.3. The minimum atomic E-state index is -0.912. The van der Waals surface area contributed by atoms with Crippen LogP contribution in [0.15, 0.2) is 36.8 Å². The van der Waals surface area contributed by atoms with Gasteiger partial charge >= 0.3 is 0 Å². The fourth-order valence-corrected chi connectivity index (χ4v) is 6.46. The Labute approximate surface area is 248 Å². The Morgan fingerprint density at radius 1 is 1.12 bits per heavy atom. The molecule has 3 aromatic rings. The number of nitrogen functional groups attached to an aromatic ring is 1. The van der Waals surface area contributed by atoms with Crippen molar-refractivity contribution >= 4 is 11.5 Å². The lowest BCUT2D eigenvalue weighted by Crippen LogP contribution is -2.66. The van der Waals surface area contributed by atoms with E-state index in [0.29, 0.717) is 23.9 Å². The van der Waals surface area contributed by atoms with Crippen molar-refractivity contribution in [1.82, 2.24) is 24.6 Å². The van der Waals surface area contributed by atoms with Crippen molar-refractivity contribution in [2.24, 2.45) is 5.41 Å². The number of hydrogen-bond donors (Lipinski definition) is 2. The molecule has 3 aliphatic heterocycles. The smallest absolute Gasteiger partial charge is 0.263 e. The highest BCUT2D eigenvalue weighted by atomic mass is 16.5. The van der Waals surface area contributed by atoms with Gasteiger partial charge in [-0.25, -0.2) is 9.97 Å². The van der Waals surface area contributed by atoms with Crippen molar-refractivity contribution in [1.29, 1.82) is 0 Å². The van der Waals surface area contributed by atoms with Crippen LogP contribution in [-0.2, 0) is 10.3 Å². The van der Waals surface area contributed by atoms with Gasteiger partial charge in [0.1, 0.15) is 0 Å². The number of piperidine rings is 1. The van der Waals surface area contributed by atoms with Crippen molar-refractivity contribution in [3.8, 4) is 22.9 Å². The van der Waals surface area contributed by atoms with Crippen LogP contribution in [0.2, 0.25) is 0 Å². The van der Waals surface area contributed by atoms with E-state index in [1.54, 1.807) is 12.4 Å². The van der Waals surface area contributed by atoms with Gasteiger partial charge in [-0.1, -0.05) is 33.1 Å². The quantitative estimate of drug-likeness (QED) is 0.305. The Kier molecular flexibility index (Phi) is 8.13. The van der Waals surface area contributed by atoms with Gasteiger partial charge in [-0.05, 0) is 69.6 Å². The predicted octanol–water partition coefficient (Wildman–Crippen LogP) is 5.00. The van der Waals surface area contributed by atoms with E-state index in [1.165, 1.54) is 0 Å². The maximum atomic E-state index is 11.8. The summed E-state index contributed by atoms with van der Waals surface area (Å²) in [6, 6.07) is 6.71. The third kappa shape index (κ3) is 5.85. The molecular weight excluding hydrogens is 530 g/mol. The molecule has 3 fully saturated rings. The lowest BCUT2D eigenvalue weighted by Gasteiger charge is -2.56. The minimum Gasteiger partial charge on any atom is -0.433 e. The van der Waals surface area contributed by atoms with Gasteiger partial charge in [-0.2, -0.15) is 5.10 Å². The van der Waals surface area contributed by atoms with Crippen LogP contribution in [-0.4, -0.2) is 76.2 Å². The molecule has 42 heavy (non-hydrogen) atoms. The van der Waals surface area contributed by atoms with E-state index < -0.39 is 5.60 Å². The summed E-state index contributed by atoms with van der Waals surface area (Å²) >= 11 is 0. The molecule has 226 valence electrons. The van der Waals surface area contributed by atoms with E-state index >= 15 is 0 Å². The van der Waals surface area contributed by atoms with Crippen molar-refractivity contribution in [3.63, 3.8) is 0 Å². The Bertz CT molecular complexity index is 1370. The molecule has 3 N–H and O–H groups in total. The Balaban J connectivity index is 1.28. The van der Waals surface area contributed by atoms with Crippen LogP contribution in [0, 0.1) is 5.41 Å². The number of likely N-dealkylation sites (tertiary alicyclic amines) is 1. The third-order valence-electron chi connectivity index (χ3n) is 9.39. The molecule has 6 rings (SSSR count). The number of aromatic nitrogens is 4. The highest BCUT2D eigenvalue weighted by Gasteiger charge is 2.49. The van der Waals surface area contributed by atoms with Crippen molar-refractivity contribution in [2.45, 2.75) is 70.4 Å². The summed E-state index contributed by atoms with van der Waals surface area (Å²) in [7, 11) is 2.15. The standard InChI is InChI=1S/C32H45N7O3/c1-4-6-7-10-32(40,5-2)24-13-23(14-26(15-24)38-19-31(20-38)21-41-22-31)28-17-34-29(33)30(36-28)42-27-16-35-39(18-27)25-8-11-37(3)12-9-25/h13-18,25,40H,4-12,19-22H2,1-3H3,(H2,33,34). The summed E-state index contributed by atoms with van der Waals surface area (Å²) in [6.45, 7) is 9.92. The second-order valence-electron chi connectivity index (χ2n) is 12.7. The number of anilines is 2. The van der Waals surface area contributed by atoms with Gasteiger partial charge < -0.3 is 30.1 Å². The van der Waals surface area contributed by atoms with E-state index in [1.807, 2.05) is 10.9 Å². The van der Waals surface area contributed by atoms with E-state index in [4.69, 9.17) is 20.2 Å². The number of benzene rings is 1. The van der Waals surface area contributed by atoms with Crippen LogP contribution in [0.25, 0.3) is 11.3 Å². The van der Waals surface area contributed by atoms with Crippen LogP contribution >= 0.6 is 0 Å². The molecule has 1 atom stereocenters. The maximum absolute atomic E-state index is 11.8.